The molecule has 1 N–H and O–H groups in total. The number of hydrogen-bond acceptors (Lipinski definition) is 10. The number of hydrogen-bond donors (Lipinski definition) is 1. The summed E-state index contributed by atoms with van der Waals surface area (Å²) in [7, 11) is 1.61. The Hall–Kier alpha value is -1.95. The van der Waals surface area contributed by atoms with Gasteiger partial charge in [0.1, 0.15) is 12.7 Å². The Kier molecular flexibility index (Phi) is 37.0. The molecule has 3 unspecified atom stereocenters. The van der Waals surface area contributed by atoms with Gasteiger partial charge < -0.3 is 38.5 Å². The molecule has 0 aliphatic rings. The summed E-state index contributed by atoms with van der Waals surface area (Å²) in [6.45, 7) is 22.2. The number of nitrogens with one attached hydrogen (secondary N) is 1. The molecule has 0 saturated heterocycles. The van der Waals surface area contributed by atoms with E-state index in [-0.39, 0.29) is 24.6 Å². The Morgan fingerprint density at radius 3 is 1.46 bits per heavy atom. The van der Waals surface area contributed by atoms with Crippen LogP contribution in [0.5, 0.6) is 0 Å². The molecule has 0 aromatic rings. The van der Waals surface area contributed by atoms with Gasteiger partial charge in [0.25, 0.3) is 0 Å². The predicted octanol–water partition coefficient (Wildman–Crippen LogP) is 10.4. The highest BCUT2D eigenvalue weighted by Gasteiger charge is 2.18. The van der Waals surface area contributed by atoms with Gasteiger partial charge in [0.2, 0.25) is 0 Å². The Labute approximate surface area is 349 Å². The Morgan fingerprint density at radius 2 is 0.965 bits per heavy atom. The van der Waals surface area contributed by atoms with E-state index in [0.29, 0.717) is 108 Å². The van der Waals surface area contributed by atoms with Gasteiger partial charge in [-0.15, -0.1) is 0 Å². The molecule has 0 aromatic carbocycles. The third-order valence-electron chi connectivity index (χ3n) is 10.6. The molecule has 0 rings (SSSR count). The van der Waals surface area contributed by atoms with Crippen LogP contribution in [-0.2, 0) is 42.7 Å². The first-order valence-corrected chi connectivity index (χ1v) is 22.8. The van der Waals surface area contributed by atoms with Crippen LogP contribution in [-0.4, -0.2) is 97.3 Å². The van der Waals surface area contributed by atoms with Crippen molar-refractivity contribution in [2.75, 3.05) is 73.1 Å². The zero-order chi connectivity index (χ0) is 42.5. The van der Waals surface area contributed by atoms with Crippen LogP contribution in [0.2, 0.25) is 0 Å². The number of alkyl carbamates (subject to hydrolysis) is 1. The van der Waals surface area contributed by atoms with Crippen molar-refractivity contribution in [3.8, 4) is 0 Å². The average molecular weight is 816 g/mol. The number of methoxy groups -OCH3 is 1. The Bertz CT molecular complexity index is 886. The molecular formula is C46H89NO10. The first kappa shape index (κ1) is 55.0. The summed E-state index contributed by atoms with van der Waals surface area (Å²) in [5, 5.41) is 2.69. The van der Waals surface area contributed by atoms with Crippen LogP contribution in [0.3, 0.4) is 0 Å². The van der Waals surface area contributed by atoms with Gasteiger partial charge in [-0.25, -0.2) is 4.79 Å². The van der Waals surface area contributed by atoms with Gasteiger partial charge in [-0.05, 0) is 93.3 Å². The molecule has 3 atom stereocenters. The van der Waals surface area contributed by atoms with Crippen molar-refractivity contribution >= 4 is 18.0 Å². The van der Waals surface area contributed by atoms with E-state index in [1.54, 1.807) is 7.11 Å². The fraction of sp³-hybridized carbons (Fsp3) is 0.935. The molecule has 0 spiro atoms. The minimum absolute atomic E-state index is 0.0749. The van der Waals surface area contributed by atoms with Gasteiger partial charge in [-0.3, -0.25) is 9.59 Å². The molecule has 338 valence electrons. The standard InChI is InChI=1S/C46H89NO10/c1-37(2)19-21-41(39(5)6)23-25-44(48)55-30-17-12-10-11-16-29-54-43(36-57-46(50)47-27-32-52-34-33-51-9)35-53-28-15-13-14-18-31-56-45(49)26-24-42(40(7)8)22-20-38(3)4/h37-43H,10-36H2,1-9H3,(H,47,50). The third kappa shape index (κ3) is 36.8. The van der Waals surface area contributed by atoms with E-state index in [0.717, 1.165) is 70.6 Å². The van der Waals surface area contributed by atoms with E-state index in [9.17, 15) is 14.4 Å². The summed E-state index contributed by atoms with van der Waals surface area (Å²) in [5.74, 6) is 3.54. The van der Waals surface area contributed by atoms with Gasteiger partial charge in [-0.1, -0.05) is 93.9 Å². The van der Waals surface area contributed by atoms with E-state index in [4.69, 9.17) is 33.2 Å². The van der Waals surface area contributed by atoms with E-state index in [1.165, 1.54) is 25.7 Å². The number of esters is 2. The van der Waals surface area contributed by atoms with Gasteiger partial charge in [0.05, 0.1) is 39.6 Å². The highest BCUT2D eigenvalue weighted by atomic mass is 16.6. The van der Waals surface area contributed by atoms with Gasteiger partial charge in [0, 0.05) is 39.7 Å². The van der Waals surface area contributed by atoms with Crippen LogP contribution in [0.4, 0.5) is 4.79 Å². The normalized spacial score (nSPS) is 13.4. The zero-order valence-electron chi connectivity index (χ0n) is 38.2. The highest BCUT2D eigenvalue weighted by molar-refractivity contribution is 5.69. The largest absolute Gasteiger partial charge is 0.466 e. The topological polar surface area (TPSA) is 128 Å². The van der Waals surface area contributed by atoms with Crippen molar-refractivity contribution < 1.29 is 47.5 Å². The second-order valence-electron chi connectivity index (χ2n) is 17.3. The molecule has 0 saturated carbocycles. The van der Waals surface area contributed by atoms with Crippen LogP contribution in [0.15, 0.2) is 0 Å². The number of ether oxygens (including phenoxy) is 7. The summed E-state index contributed by atoms with van der Waals surface area (Å²) in [6.07, 6.45) is 15.2. The van der Waals surface area contributed by atoms with Crippen molar-refractivity contribution in [2.24, 2.45) is 35.5 Å². The van der Waals surface area contributed by atoms with Crippen LogP contribution in [0, 0.1) is 35.5 Å². The van der Waals surface area contributed by atoms with Crippen molar-refractivity contribution in [1.29, 1.82) is 0 Å². The molecule has 57 heavy (non-hydrogen) atoms. The molecular weight excluding hydrogens is 727 g/mol. The number of unbranched alkanes of at least 4 members (excludes halogenated alkanes) is 7. The van der Waals surface area contributed by atoms with E-state index in [2.05, 4.69) is 60.7 Å². The SMILES string of the molecule is COCCOCCNC(=O)OCC(COCCCCCCOC(=O)CCC(CCC(C)C)C(C)C)OCCCCCCCOC(=O)CCC(CCC(C)C)C(C)C. The van der Waals surface area contributed by atoms with Gasteiger partial charge in [0.15, 0.2) is 0 Å². The summed E-state index contributed by atoms with van der Waals surface area (Å²) < 4.78 is 38.8. The number of carbonyl (C=O) groups excluding carboxylic acids is 3. The fourth-order valence-electron chi connectivity index (χ4n) is 6.53. The lowest BCUT2D eigenvalue weighted by atomic mass is 9.85. The minimum atomic E-state index is -0.517. The van der Waals surface area contributed by atoms with Crippen LogP contribution < -0.4 is 5.32 Å². The quantitative estimate of drug-likeness (QED) is 0.0363. The maximum atomic E-state index is 12.3. The first-order valence-electron chi connectivity index (χ1n) is 22.8. The number of amides is 1. The Morgan fingerprint density at radius 1 is 0.474 bits per heavy atom. The van der Waals surface area contributed by atoms with Crippen molar-refractivity contribution in [1.82, 2.24) is 5.32 Å². The molecule has 1 amide bonds. The molecule has 0 bridgehead atoms. The maximum absolute atomic E-state index is 12.3. The van der Waals surface area contributed by atoms with Crippen molar-refractivity contribution in [3.63, 3.8) is 0 Å². The van der Waals surface area contributed by atoms with Crippen LogP contribution in [0.25, 0.3) is 0 Å². The summed E-state index contributed by atoms with van der Waals surface area (Å²) >= 11 is 0. The second-order valence-corrected chi connectivity index (χ2v) is 17.3. The highest BCUT2D eigenvalue weighted by Crippen LogP contribution is 2.26. The van der Waals surface area contributed by atoms with Crippen LogP contribution in [0.1, 0.15) is 165 Å². The summed E-state index contributed by atoms with van der Waals surface area (Å²) in [5.41, 5.74) is 0. The van der Waals surface area contributed by atoms with Crippen molar-refractivity contribution in [3.05, 3.63) is 0 Å². The molecule has 0 heterocycles. The predicted molar refractivity (Wildman–Crippen MR) is 229 cm³/mol. The molecule has 0 radical (unpaired) electrons. The van der Waals surface area contributed by atoms with E-state index < -0.39 is 6.09 Å². The molecule has 0 aromatic heterocycles. The zero-order valence-corrected chi connectivity index (χ0v) is 38.2. The summed E-state index contributed by atoms with van der Waals surface area (Å²) in [4.78, 5) is 36.8. The first-order chi connectivity index (χ1) is 27.3. The third-order valence-corrected chi connectivity index (χ3v) is 10.6. The lowest BCUT2D eigenvalue weighted by Gasteiger charge is -2.21. The lowest BCUT2D eigenvalue weighted by Crippen LogP contribution is -2.33. The molecule has 11 heteroatoms. The average Bonchev–Trinajstić information content (AvgIpc) is 3.15. The van der Waals surface area contributed by atoms with Gasteiger partial charge >= 0.3 is 18.0 Å². The van der Waals surface area contributed by atoms with Crippen LogP contribution >= 0.6 is 0 Å². The molecule has 0 aliphatic carbocycles. The van der Waals surface area contributed by atoms with E-state index in [1.807, 2.05) is 0 Å². The molecule has 0 fully saturated rings. The number of rotatable bonds is 40. The van der Waals surface area contributed by atoms with E-state index >= 15 is 0 Å². The number of carbonyl (C=O) groups is 3. The molecule has 0 aliphatic heterocycles. The summed E-state index contributed by atoms with van der Waals surface area (Å²) in [6, 6.07) is 0. The Balaban J connectivity index is 4.33. The molecule has 11 nitrogen and oxygen atoms in total. The lowest BCUT2D eigenvalue weighted by molar-refractivity contribution is -0.145. The van der Waals surface area contributed by atoms with Gasteiger partial charge in [-0.2, -0.15) is 0 Å². The maximum Gasteiger partial charge on any atom is 0.407 e. The fourth-order valence-corrected chi connectivity index (χ4v) is 6.53. The second kappa shape index (κ2) is 38.3. The van der Waals surface area contributed by atoms with Crippen molar-refractivity contribution in [2.45, 2.75) is 171 Å². The smallest absolute Gasteiger partial charge is 0.407 e. The minimum Gasteiger partial charge on any atom is -0.466 e. The monoisotopic (exact) mass is 816 g/mol.